The first-order chi connectivity index (χ1) is 8.83. The average molecular weight is 241 g/mol. The van der Waals surface area contributed by atoms with E-state index < -0.39 is 0 Å². The Bertz CT molecular complexity index is 577. The summed E-state index contributed by atoms with van der Waals surface area (Å²) in [5.74, 6) is 2.48. The third kappa shape index (κ3) is 2.72. The zero-order valence-corrected chi connectivity index (χ0v) is 10.1. The molecule has 0 spiro atoms. The van der Waals surface area contributed by atoms with E-state index in [1.807, 2.05) is 24.3 Å². The number of unbranched alkanes of at least 4 members (excludes halogenated alkanes) is 2. The molecule has 1 heterocycles. The van der Waals surface area contributed by atoms with Crippen molar-refractivity contribution < 1.29 is 9.21 Å². The molecule has 0 saturated carbocycles. The molecule has 0 fully saturated rings. The fraction of sp³-hybridized carbons (Fsp3) is 0.267. The van der Waals surface area contributed by atoms with Gasteiger partial charge < -0.3 is 9.73 Å². The summed E-state index contributed by atoms with van der Waals surface area (Å²) in [6.45, 7) is 0.639. The summed E-state index contributed by atoms with van der Waals surface area (Å²) in [5.41, 5.74) is 1.32. The minimum absolute atomic E-state index is 0.0966. The predicted octanol–water partition coefficient (Wildman–Crippen LogP) is 2.97. The third-order valence-corrected chi connectivity index (χ3v) is 2.76. The van der Waals surface area contributed by atoms with Crippen molar-refractivity contribution in [1.82, 2.24) is 5.32 Å². The highest BCUT2D eigenvalue weighted by atomic mass is 16.3. The Hall–Kier alpha value is -2.21. The first kappa shape index (κ1) is 12.3. The number of carbonyl (C=O) groups is 1. The van der Waals surface area contributed by atoms with Crippen molar-refractivity contribution in [1.29, 1.82) is 0 Å². The van der Waals surface area contributed by atoms with Crippen LogP contribution in [0.4, 0.5) is 0 Å². The van der Waals surface area contributed by atoms with Gasteiger partial charge in [0.05, 0.1) is 5.56 Å². The van der Waals surface area contributed by atoms with Gasteiger partial charge in [0, 0.05) is 18.4 Å². The van der Waals surface area contributed by atoms with Crippen molar-refractivity contribution in [3.05, 3.63) is 36.1 Å². The van der Waals surface area contributed by atoms with Crippen LogP contribution in [0.3, 0.4) is 0 Å². The number of hydrogen-bond donors (Lipinski definition) is 1. The quantitative estimate of drug-likeness (QED) is 0.646. The van der Waals surface area contributed by atoms with Gasteiger partial charge in [0.1, 0.15) is 11.8 Å². The molecule has 92 valence electrons. The van der Waals surface area contributed by atoms with E-state index >= 15 is 0 Å². The van der Waals surface area contributed by atoms with Crippen LogP contribution in [0.1, 0.15) is 29.6 Å². The van der Waals surface area contributed by atoms with Gasteiger partial charge in [-0.15, -0.1) is 12.3 Å². The molecule has 18 heavy (non-hydrogen) atoms. The van der Waals surface area contributed by atoms with Gasteiger partial charge in [0.25, 0.3) is 5.91 Å². The SMILES string of the molecule is C#CCCCCNC(=O)c1coc2ccccc12. The largest absolute Gasteiger partial charge is 0.463 e. The Kier molecular flexibility index (Phi) is 4.03. The maximum absolute atomic E-state index is 11.9. The molecule has 0 unspecified atom stereocenters. The smallest absolute Gasteiger partial charge is 0.255 e. The normalized spacial score (nSPS) is 10.2. The van der Waals surface area contributed by atoms with Crippen LogP contribution >= 0.6 is 0 Å². The second-order valence-electron chi connectivity index (χ2n) is 4.06. The highest BCUT2D eigenvalue weighted by molar-refractivity contribution is 6.05. The van der Waals surface area contributed by atoms with E-state index in [9.17, 15) is 4.79 Å². The summed E-state index contributed by atoms with van der Waals surface area (Å²) < 4.78 is 5.33. The number of terminal acetylenes is 1. The highest BCUT2D eigenvalue weighted by Crippen LogP contribution is 2.20. The van der Waals surface area contributed by atoms with E-state index in [4.69, 9.17) is 10.8 Å². The Morgan fingerprint density at radius 1 is 1.33 bits per heavy atom. The lowest BCUT2D eigenvalue weighted by Crippen LogP contribution is -2.24. The lowest BCUT2D eigenvalue weighted by atomic mass is 10.1. The summed E-state index contributed by atoms with van der Waals surface area (Å²) in [5, 5.41) is 3.71. The van der Waals surface area contributed by atoms with Crippen molar-refractivity contribution in [2.45, 2.75) is 19.3 Å². The predicted molar refractivity (Wildman–Crippen MR) is 71.2 cm³/mol. The molecule has 3 heteroatoms. The zero-order chi connectivity index (χ0) is 12.8. The number of carbonyl (C=O) groups excluding carboxylic acids is 1. The number of hydrogen-bond acceptors (Lipinski definition) is 2. The third-order valence-electron chi connectivity index (χ3n) is 2.76. The van der Waals surface area contributed by atoms with E-state index in [1.165, 1.54) is 6.26 Å². The summed E-state index contributed by atoms with van der Waals surface area (Å²) in [4.78, 5) is 11.9. The lowest BCUT2D eigenvalue weighted by Gasteiger charge is -2.02. The van der Waals surface area contributed by atoms with Gasteiger partial charge in [0.2, 0.25) is 0 Å². The zero-order valence-electron chi connectivity index (χ0n) is 10.1. The molecule has 1 N–H and O–H groups in total. The van der Waals surface area contributed by atoms with E-state index in [0.717, 1.165) is 30.2 Å². The fourth-order valence-corrected chi connectivity index (χ4v) is 1.80. The molecule has 1 aromatic carbocycles. The van der Waals surface area contributed by atoms with Gasteiger partial charge in [0.15, 0.2) is 0 Å². The van der Waals surface area contributed by atoms with E-state index in [2.05, 4.69) is 11.2 Å². The van der Waals surface area contributed by atoms with Gasteiger partial charge in [-0.1, -0.05) is 18.2 Å². The molecule has 0 bridgehead atoms. The molecule has 0 atom stereocenters. The monoisotopic (exact) mass is 241 g/mol. The Labute approximate surface area is 106 Å². The number of furan rings is 1. The fourth-order valence-electron chi connectivity index (χ4n) is 1.80. The van der Waals surface area contributed by atoms with Crippen molar-refractivity contribution in [2.24, 2.45) is 0 Å². The topological polar surface area (TPSA) is 42.2 Å². The van der Waals surface area contributed by atoms with Crippen molar-refractivity contribution in [2.75, 3.05) is 6.54 Å². The van der Waals surface area contributed by atoms with Crippen LogP contribution < -0.4 is 5.32 Å². The Morgan fingerprint density at radius 2 is 2.17 bits per heavy atom. The minimum atomic E-state index is -0.0966. The Balaban J connectivity index is 1.95. The van der Waals surface area contributed by atoms with Gasteiger partial charge in [-0.25, -0.2) is 0 Å². The Morgan fingerprint density at radius 3 is 3.00 bits per heavy atom. The van der Waals surface area contributed by atoms with Crippen LogP contribution in [-0.2, 0) is 0 Å². The molecule has 2 aromatic rings. The van der Waals surface area contributed by atoms with Crippen LogP contribution in [0.5, 0.6) is 0 Å². The summed E-state index contributed by atoms with van der Waals surface area (Å²) in [6.07, 6.45) is 9.24. The minimum Gasteiger partial charge on any atom is -0.463 e. The van der Waals surface area contributed by atoms with E-state index in [1.54, 1.807) is 0 Å². The molecule has 0 aliphatic carbocycles. The van der Waals surface area contributed by atoms with Crippen LogP contribution in [0.15, 0.2) is 34.9 Å². The maximum Gasteiger partial charge on any atom is 0.255 e. The number of nitrogens with one attached hydrogen (secondary N) is 1. The summed E-state index contributed by atoms with van der Waals surface area (Å²) in [7, 11) is 0. The van der Waals surface area contributed by atoms with E-state index in [-0.39, 0.29) is 5.91 Å². The van der Waals surface area contributed by atoms with Crippen LogP contribution in [0.25, 0.3) is 11.0 Å². The molecule has 3 nitrogen and oxygen atoms in total. The number of para-hydroxylation sites is 1. The van der Waals surface area contributed by atoms with Gasteiger partial charge in [-0.3, -0.25) is 4.79 Å². The van der Waals surface area contributed by atoms with Gasteiger partial charge >= 0.3 is 0 Å². The highest BCUT2D eigenvalue weighted by Gasteiger charge is 2.12. The molecule has 0 saturated heterocycles. The lowest BCUT2D eigenvalue weighted by molar-refractivity contribution is 0.0954. The van der Waals surface area contributed by atoms with Crippen LogP contribution in [-0.4, -0.2) is 12.5 Å². The van der Waals surface area contributed by atoms with E-state index in [0.29, 0.717) is 12.1 Å². The molecule has 1 amide bonds. The molecule has 0 radical (unpaired) electrons. The number of amides is 1. The second-order valence-corrected chi connectivity index (χ2v) is 4.06. The van der Waals surface area contributed by atoms with Crippen LogP contribution in [0.2, 0.25) is 0 Å². The van der Waals surface area contributed by atoms with Crippen LogP contribution in [0, 0.1) is 12.3 Å². The first-order valence-corrected chi connectivity index (χ1v) is 6.01. The molecule has 0 aliphatic heterocycles. The molecular weight excluding hydrogens is 226 g/mol. The molecule has 1 aromatic heterocycles. The summed E-state index contributed by atoms with van der Waals surface area (Å²) in [6, 6.07) is 7.50. The molecular formula is C15H15NO2. The van der Waals surface area contributed by atoms with Gasteiger partial charge in [-0.05, 0) is 18.9 Å². The maximum atomic E-state index is 11.9. The average Bonchev–Trinajstić information content (AvgIpc) is 2.82. The number of fused-ring (bicyclic) bond motifs is 1. The molecule has 2 rings (SSSR count). The van der Waals surface area contributed by atoms with Gasteiger partial charge in [-0.2, -0.15) is 0 Å². The van der Waals surface area contributed by atoms with Crippen molar-refractivity contribution in [3.63, 3.8) is 0 Å². The van der Waals surface area contributed by atoms with Crippen molar-refractivity contribution >= 4 is 16.9 Å². The molecule has 0 aliphatic rings. The second kappa shape index (κ2) is 5.92. The van der Waals surface area contributed by atoms with Crippen molar-refractivity contribution in [3.8, 4) is 12.3 Å². The summed E-state index contributed by atoms with van der Waals surface area (Å²) >= 11 is 0. The standard InChI is InChI=1S/C15H15NO2/c1-2-3-4-7-10-16-15(17)13-11-18-14-9-6-5-8-12(13)14/h1,5-6,8-9,11H,3-4,7,10H2,(H,16,17). The number of benzene rings is 1. The number of rotatable bonds is 5. The first-order valence-electron chi connectivity index (χ1n) is 6.01.